The molecule has 1 unspecified atom stereocenters. The van der Waals surface area contributed by atoms with Crippen molar-refractivity contribution in [1.29, 1.82) is 0 Å². The molecule has 0 heterocycles. The molecule has 5 rings (SSSR count). The van der Waals surface area contributed by atoms with Gasteiger partial charge in [0.2, 0.25) is 0 Å². The van der Waals surface area contributed by atoms with Crippen LogP contribution in [0.2, 0.25) is 0 Å². The molecule has 5 aliphatic rings. The van der Waals surface area contributed by atoms with E-state index in [0.29, 0.717) is 35.4 Å². The van der Waals surface area contributed by atoms with Gasteiger partial charge in [-0.05, 0) is 103 Å². The molecule has 2 heteroatoms. The minimum atomic E-state index is -0.174. The second-order valence-corrected chi connectivity index (χ2v) is 14.5. The Morgan fingerprint density at radius 3 is 2.28 bits per heavy atom. The summed E-state index contributed by atoms with van der Waals surface area (Å²) in [5, 5.41) is 10.9. The molecular weight excluding hydrogens is 392 g/mol. The van der Waals surface area contributed by atoms with Crippen molar-refractivity contribution in [2.24, 2.45) is 56.7 Å². The van der Waals surface area contributed by atoms with E-state index in [1.165, 1.54) is 31.3 Å². The van der Waals surface area contributed by atoms with Crippen LogP contribution in [0.15, 0.2) is 11.6 Å². The summed E-state index contributed by atoms with van der Waals surface area (Å²) in [4.78, 5) is 13.9. The van der Waals surface area contributed by atoms with Gasteiger partial charge in [-0.1, -0.05) is 60.1 Å². The van der Waals surface area contributed by atoms with Crippen LogP contribution < -0.4 is 0 Å². The summed E-state index contributed by atoms with van der Waals surface area (Å²) < 4.78 is 0. The van der Waals surface area contributed by atoms with E-state index in [1.54, 1.807) is 0 Å². The lowest BCUT2D eigenvalue weighted by molar-refractivity contribution is -0.245. The number of rotatable bonds is 0. The number of hydrogen-bond donors (Lipinski definition) is 1. The lowest BCUT2D eigenvalue weighted by Gasteiger charge is -2.73. The molecule has 0 saturated heterocycles. The van der Waals surface area contributed by atoms with Crippen LogP contribution >= 0.6 is 0 Å². The Balaban J connectivity index is 1.58. The Bertz CT molecular complexity index is 855. The van der Waals surface area contributed by atoms with Crippen molar-refractivity contribution in [3.05, 3.63) is 11.6 Å². The number of aliphatic hydroxyl groups is 1. The molecule has 0 aromatic heterocycles. The van der Waals surface area contributed by atoms with Crippen molar-refractivity contribution in [2.45, 2.75) is 113 Å². The number of carbonyl (C=O) groups excluding carboxylic acids is 1. The molecule has 0 aromatic rings. The molecule has 4 saturated carbocycles. The molecule has 10 atom stereocenters. The highest BCUT2D eigenvalue weighted by atomic mass is 16.3. The first-order valence-corrected chi connectivity index (χ1v) is 13.6. The van der Waals surface area contributed by atoms with Crippen molar-refractivity contribution in [3.8, 4) is 0 Å². The summed E-state index contributed by atoms with van der Waals surface area (Å²) in [5.74, 6) is 3.44. The van der Waals surface area contributed by atoms with Crippen LogP contribution in [0.4, 0.5) is 0 Å². The van der Waals surface area contributed by atoms with Crippen molar-refractivity contribution in [1.82, 2.24) is 0 Å². The van der Waals surface area contributed by atoms with E-state index in [9.17, 15) is 9.90 Å². The monoisotopic (exact) mass is 440 g/mol. The second kappa shape index (κ2) is 6.73. The molecule has 0 spiro atoms. The topological polar surface area (TPSA) is 37.3 Å². The molecule has 0 aliphatic heterocycles. The average Bonchev–Trinajstić information content (AvgIpc) is 2.70. The van der Waals surface area contributed by atoms with E-state index in [2.05, 4.69) is 61.5 Å². The number of ketones is 1. The highest BCUT2D eigenvalue weighted by Gasteiger charge is 2.71. The molecule has 32 heavy (non-hydrogen) atoms. The maximum atomic E-state index is 13.9. The maximum Gasteiger partial charge on any atom is 0.139 e. The number of fused-ring (bicyclic) bond motifs is 7. The Morgan fingerprint density at radius 2 is 1.59 bits per heavy atom. The van der Waals surface area contributed by atoms with E-state index in [1.807, 2.05) is 0 Å². The van der Waals surface area contributed by atoms with Crippen LogP contribution in [0.3, 0.4) is 0 Å². The number of carbonyl (C=O) groups is 1. The standard InChI is InChI=1S/C30H48O2/c1-18-11-14-28(6)24(32)17-30(8)20(25(28)19(18)2)9-10-22-27(5)15-13-23(31)26(3,4)21(27)12-16-29(22,30)7/h11,19-23,25,31H,9-10,12-17H2,1-8H3/t19-,20+,21-,22+,23?,25-,27-,28+,29+,30+/m0/s1. The molecule has 180 valence electrons. The fraction of sp³-hybridized carbons (Fsp3) is 0.900. The molecule has 0 bridgehead atoms. The van der Waals surface area contributed by atoms with Crippen LogP contribution in [-0.4, -0.2) is 17.0 Å². The van der Waals surface area contributed by atoms with E-state index >= 15 is 0 Å². The first-order valence-electron chi connectivity index (χ1n) is 13.6. The molecule has 1 N–H and O–H groups in total. The summed E-state index contributed by atoms with van der Waals surface area (Å²) >= 11 is 0. The molecule has 4 fully saturated rings. The van der Waals surface area contributed by atoms with Gasteiger partial charge >= 0.3 is 0 Å². The van der Waals surface area contributed by atoms with Crippen molar-refractivity contribution in [3.63, 3.8) is 0 Å². The minimum Gasteiger partial charge on any atom is -0.393 e. The predicted molar refractivity (Wildman–Crippen MR) is 131 cm³/mol. The summed E-state index contributed by atoms with van der Waals surface area (Å²) in [7, 11) is 0. The molecule has 0 radical (unpaired) electrons. The van der Waals surface area contributed by atoms with Gasteiger partial charge in [0.05, 0.1) is 6.10 Å². The van der Waals surface area contributed by atoms with E-state index < -0.39 is 0 Å². The molecule has 5 aliphatic carbocycles. The summed E-state index contributed by atoms with van der Waals surface area (Å²) in [6, 6.07) is 0. The third-order valence-corrected chi connectivity index (χ3v) is 13.4. The molecule has 0 aromatic carbocycles. The van der Waals surface area contributed by atoms with E-state index in [4.69, 9.17) is 0 Å². The number of hydrogen-bond acceptors (Lipinski definition) is 2. The van der Waals surface area contributed by atoms with Gasteiger partial charge in [-0.25, -0.2) is 0 Å². The summed E-state index contributed by atoms with van der Waals surface area (Å²) in [5.41, 5.74) is 1.93. The Kier molecular flexibility index (Phi) is 4.87. The van der Waals surface area contributed by atoms with Crippen molar-refractivity contribution < 1.29 is 9.90 Å². The quantitative estimate of drug-likeness (QED) is 0.404. The van der Waals surface area contributed by atoms with Gasteiger partial charge in [-0.2, -0.15) is 0 Å². The normalized spacial score (nSPS) is 56.9. The molecule has 0 amide bonds. The molecule has 2 nitrogen and oxygen atoms in total. The number of aliphatic hydroxyl groups excluding tert-OH is 1. The number of allylic oxidation sites excluding steroid dienone is 2. The Hall–Kier alpha value is -0.630. The third kappa shape index (κ3) is 2.55. The van der Waals surface area contributed by atoms with Crippen LogP contribution in [0.25, 0.3) is 0 Å². The SMILES string of the molecule is CC1=CC[C@]2(C)C(=O)C[C@]3(C)[C@H](CC[C@@H]4[C@@]5(C)CCC(O)C(C)(C)[C@@H]5CC[C@]43C)[C@@H]2[C@H]1C. The van der Waals surface area contributed by atoms with E-state index in [0.717, 1.165) is 25.7 Å². The first-order chi connectivity index (χ1) is 14.7. The predicted octanol–water partition coefficient (Wildman–Crippen LogP) is 7.20. The zero-order valence-corrected chi connectivity index (χ0v) is 22.1. The van der Waals surface area contributed by atoms with Gasteiger partial charge in [-0.15, -0.1) is 0 Å². The van der Waals surface area contributed by atoms with Gasteiger partial charge in [0.1, 0.15) is 5.78 Å². The maximum absolute atomic E-state index is 13.9. The van der Waals surface area contributed by atoms with Crippen LogP contribution in [0.5, 0.6) is 0 Å². The van der Waals surface area contributed by atoms with E-state index in [-0.39, 0.29) is 33.2 Å². The smallest absolute Gasteiger partial charge is 0.139 e. The minimum absolute atomic E-state index is 0.00711. The highest BCUT2D eigenvalue weighted by Crippen LogP contribution is 2.76. The lowest BCUT2D eigenvalue weighted by Crippen LogP contribution is -2.68. The first kappa shape index (κ1) is 23.1. The number of Topliss-reactive ketones (excluding diaryl/α,β-unsaturated/α-hetero) is 1. The van der Waals surface area contributed by atoms with Crippen LogP contribution in [0, 0.1) is 56.7 Å². The van der Waals surface area contributed by atoms with Gasteiger partial charge in [0.25, 0.3) is 0 Å². The average molecular weight is 441 g/mol. The Labute approximate surface area is 197 Å². The zero-order valence-electron chi connectivity index (χ0n) is 22.1. The van der Waals surface area contributed by atoms with Gasteiger partial charge in [0.15, 0.2) is 0 Å². The van der Waals surface area contributed by atoms with Crippen LogP contribution in [0.1, 0.15) is 107 Å². The lowest BCUT2D eigenvalue weighted by atomic mass is 9.31. The molecular formula is C30H48O2. The van der Waals surface area contributed by atoms with Gasteiger partial charge in [0, 0.05) is 11.8 Å². The van der Waals surface area contributed by atoms with Gasteiger partial charge < -0.3 is 5.11 Å². The Morgan fingerprint density at radius 1 is 0.906 bits per heavy atom. The van der Waals surface area contributed by atoms with Crippen LogP contribution in [-0.2, 0) is 4.79 Å². The highest BCUT2D eigenvalue weighted by molar-refractivity contribution is 5.87. The fourth-order valence-electron chi connectivity index (χ4n) is 11.0. The third-order valence-electron chi connectivity index (χ3n) is 13.4. The summed E-state index contributed by atoms with van der Waals surface area (Å²) in [6.07, 6.45) is 11.0. The second-order valence-electron chi connectivity index (χ2n) is 14.5. The van der Waals surface area contributed by atoms with Gasteiger partial charge in [-0.3, -0.25) is 4.79 Å². The fourth-order valence-corrected chi connectivity index (χ4v) is 11.0. The van der Waals surface area contributed by atoms with Crippen molar-refractivity contribution >= 4 is 5.78 Å². The van der Waals surface area contributed by atoms with Crippen molar-refractivity contribution in [2.75, 3.05) is 0 Å². The summed E-state index contributed by atoms with van der Waals surface area (Å²) in [6.45, 7) is 19.4. The zero-order chi connectivity index (χ0) is 23.5. The largest absolute Gasteiger partial charge is 0.393 e.